The molecule has 0 saturated carbocycles. The molecular weight excluding hydrogens is 210 g/mol. The fourth-order valence-corrected chi connectivity index (χ4v) is 2.88. The van der Waals surface area contributed by atoms with Crippen molar-refractivity contribution in [3.63, 3.8) is 0 Å². The third-order valence-corrected chi connectivity index (χ3v) is 3.87. The Hall–Kier alpha value is -0.260. The Balaban J connectivity index is 1.74. The minimum Gasteiger partial charge on any atom is -0.340 e. The minimum atomic E-state index is 0.317. The van der Waals surface area contributed by atoms with Crippen LogP contribution in [0.15, 0.2) is 0 Å². The highest BCUT2D eigenvalue weighted by Gasteiger charge is 2.20. The summed E-state index contributed by atoms with van der Waals surface area (Å²) in [5.74, 6) is 2.53. The van der Waals surface area contributed by atoms with Gasteiger partial charge in [-0.3, -0.25) is 9.69 Å². The summed E-state index contributed by atoms with van der Waals surface area (Å²) in [6, 6.07) is 0. The van der Waals surface area contributed by atoms with Gasteiger partial charge in [-0.1, -0.05) is 0 Å². The number of piperazine rings is 1. The normalized spacial score (nSPS) is 24.1. The predicted octanol–water partition coefficient (Wildman–Crippen LogP) is -0.533. The molecule has 1 amide bonds. The quantitative estimate of drug-likeness (QED) is 0.690. The predicted molar refractivity (Wildman–Crippen MR) is 63.2 cm³/mol. The summed E-state index contributed by atoms with van der Waals surface area (Å²) in [6.07, 6.45) is 0. The summed E-state index contributed by atoms with van der Waals surface area (Å²) in [6.45, 7) is 6.55. The third-order valence-electron chi connectivity index (χ3n) is 2.93. The van der Waals surface area contributed by atoms with Gasteiger partial charge in [-0.25, -0.2) is 0 Å². The maximum absolute atomic E-state index is 11.9. The van der Waals surface area contributed by atoms with E-state index in [1.165, 1.54) is 0 Å². The Kier molecular flexibility index (Phi) is 4.29. The van der Waals surface area contributed by atoms with E-state index in [-0.39, 0.29) is 0 Å². The van der Waals surface area contributed by atoms with E-state index in [9.17, 15) is 4.79 Å². The number of hydrogen-bond donors (Lipinski definition) is 1. The van der Waals surface area contributed by atoms with Gasteiger partial charge in [0.05, 0.1) is 6.54 Å². The number of nitrogens with zero attached hydrogens (tertiary/aromatic N) is 2. The van der Waals surface area contributed by atoms with E-state index in [1.807, 2.05) is 16.7 Å². The Morgan fingerprint density at radius 1 is 1.13 bits per heavy atom. The van der Waals surface area contributed by atoms with E-state index in [4.69, 9.17) is 0 Å². The first-order valence-corrected chi connectivity index (χ1v) is 6.80. The molecule has 2 fully saturated rings. The lowest BCUT2D eigenvalue weighted by atomic mass is 10.3. The van der Waals surface area contributed by atoms with Crippen LogP contribution in [0.25, 0.3) is 0 Å². The second kappa shape index (κ2) is 5.72. The van der Waals surface area contributed by atoms with E-state index < -0.39 is 0 Å². The van der Waals surface area contributed by atoms with Crippen LogP contribution in [0.4, 0.5) is 0 Å². The Labute approximate surface area is 95.4 Å². The van der Waals surface area contributed by atoms with E-state index in [0.717, 1.165) is 50.8 Å². The van der Waals surface area contributed by atoms with Gasteiger partial charge in [-0.05, 0) is 0 Å². The number of rotatable bonds is 2. The van der Waals surface area contributed by atoms with Gasteiger partial charge in [0.1, 0.15) is 0 Å². The number of thioether (sulfide) groups is 1. The molecule has 0 spiro atoms. The molecule has 0 unspecified atom stereocenters. The SMILES string of the molecule is O=C(CN1CCNCC1)N1CCSCC1. The summed E-state index contributed by atoms with van der Waals surface area (Å²) in [7, 11) is 0. The molecule has 1 N–H and O–H groups in total. The average Bonchev–Trinajstić information content (AvgIpc) is 2.31. The standard InChI is InChI=1S/C10H19N3OS/c14-10(13-5-7-15-8-6-13)9-12-3-1-11-2-4-12/h11H,1-9H2. The molecule has 2 saturated heterocycles. The number of carbonyl (C=O) groups excluding carboxylic acids is 1. The van der Waals surface area contributed by atoms with Gasteiger partial charge < -0.3 is 10.2 Å². The van der Waals surface area contributed by atoms with Gasteiger partial charge >= 0.3 is 0 Å². The third kappa shape index (κ3) is 3.36. The molecule has 0 atom stereocenters. The van der Waals surface area contributed by atoms with Crippen molar-refractivity contribution in [2.24, 2.45) is 0 Å². The molecule has 2 heterocycles. The maximum atomic E-state index is 11.9. The molecule has 86 valence electrons. The zero-order valence-electron chi connectivity index (χ0n) is 9.07. The molecule has 2 aliphatic heterocycles. The van der Waals surface area contributed by atoms with E-state index in [2.05, 4.69) is 10.2 Å². The van der Waals surface area contributed by atoms with Crippen molar-refractivity contribution >= 4 is 17.7 Å². The highest BCUT2D eigenvalue weighted by Crippen LogP contribution is 2.09. The van der Waals surface area contributed by atoms with E-state index in [0.29, 0.717) is 12.5 Å². The van der Waals surface area contributed by atoms with E-state index >= 15 is 0 Å². The average molecular weight is 229 g/mol. The molecule has 2 aliphatic rings. The molecule has 5 heteroatoms. The smallest absolute Gasteiger partial charge is 0.236 e. The van der Waals surface area contributed by atoms with Crippen molar-refractivity contribution in [3.05, 3.63) is 0 Å². The van der Waals surface area contributed by atoms with Crippen LogP contribution in [0.2, 0.25) is 0 Å². The topological polar surface area (TPSA) is 35.6 Å². The minimum absolute atomic E-state index is 0.317. The first-order chi connectivity index (χ1) is 7.36. The summed E-state index contributed by atoms with van der Waals surface area (Å²) in [5, 5.41) is 3.30. The van der Waals surface area contributed by atoms with Crippen LogP contribution in [0, 0.1) is 0 Å². The van der Waals surface area contributed by atoms with Crippen LogP contribution in [0.3, 0.4) is 0 Å². The van der Waals surface area contributed by atoms with Gasteiger partial charge in [0.2, 0.25) is 5.91 Å². The van der Waals surface area contributed by atoms with Crippen molar-refractivity contribution < 1.29 is 4.79 Å². The molecule has 0 aromatic heterocycles. The Morgan fingerprint density at radius 2 is 1.80 bits per heavy atom. The molecule has 15 heavy (non-hydrogen) atoms. The van der Waals surface area contributed by atoms with Gasteiger partial charge in [0, 0.05) is 50.8 Å². The Bertz CT molecular complexity index is 213. The summed E-state index contributed by atoms with van der Waals surface area (Å²) in [4.78, 5) is 16.2. The molecule has 0 aromatic carbocycles. The summed E-state index contributed by atoms with van der Waals surface area (Å²) >= 11 is 1.94. The monoisotopic (exact) mass is 229 g/mol. The Morgan fingerprint density at radius 3 is 2.47 bits per heavy atom. The van der Waals surface area contributed by atoms with Crippen LogP contribution in [-0.2, 0) is 4.79 Å². The van der Waals surface area contributed by atoms with Gasteiger partial charge in [-0.2, -0.15) is 11.8 Å². The summed E-state index contributed by atoms with van der Waals surface area (Å²) in [5.41, 5.74) is 0. The number of carbonyl (C=O) groups is 1. The van der Waals surface area contributed by atoms with Gasteiger partial charge in [0.25, 0.3) is 0 Å². The van der Waals surface area contributed by atoms with Crippen molar-refractivity contribution in [3.8, 4) is 0 Å². The molecule has 2 rings (SSSR count). The van der Waals surface area contributed by atoms with Crippen LogP contribution in [0.5, 0.6) is 0 Å². The maximum Gasteiger partial charge on any atom is 0.236 e. The molecule has 0 aromatic rings. The largest absolute Gasteiger partial charge is 0.340 e. The second-order valence-electron chi connectivity index (χ2n) is 4.02. The zero-order chi connectivity index (χ0) is 10.5. The van der Waals surface area contributed by atoms with Gasteiger partial charge in [-0.15, -0.1) is 0 Å². The fraction of sp³-hybridized carbons (Fsp3) is 0.900. The molecular formula is C10H19N3OS. The molecule has 4 nitrogen and oxygen atoms in total. The van der Waals surface area contributed by atoms with Crippen molar-refractivity contribution in [2.45, 2.75) is 0 Å². The van der Waals surface area contributed by atoms with Crippen LogP contribution in [-0.4, -0.2) is 73.0 Å². The molecule has 0 aliphatic carbocycles. The number of amides is 1. The van der Waals surface area contributed by atoms with Gasteiger partial charge in [0.15, 0.2) is 0 Å². The lowest BCUT2D eigenvalue weighted by molar-refractivity contribution is -0.132. The first-order valence-electron chi connectivity index (χ1n) is 5.65. The zero-order valence-corrected chi connectivity index (χ0v) is 9.89. The lowest BCUT2D eigenvalue weighted by Crippen LogP contribution is -2.49. The van der Waals surface area contributed by atoms with Crippen LogP contribution in [0.1, 0.15) is 0 Å². The van der Waals surface area contributed by atoms with Crippen LogP contribution < -0.4 is 5.32 Å². The van der Waals surface area contributed by atoms with Crippen molar-refractivity contribution in [1.29, 1.82) is 0 Å². The molecule has 0 bridgehead atoms. The molecule has 0 radical (unpaired) electrons. The van der Waals surface area contributed by atoms with Crippen LogP contribution >= 0.6 is 11.8 Å². The fourth-order valence-electron chi connectivity index (χ4n) is 1.97. The highest BCUT2D eigenvalue weighted by atomic mass is 32.2. The number of nitrogens with one attached hydrogen (secondary N) is 1. The number of hydrogen-bond acceptors (Lipinski definition) is 4. The van der Waals surface area contributed by atoms with E-state index in [1.54, 1.807) is 0 Å². The lowest BCUT2D eigenvalue weighted by Gasteiger charge is -2.31. The second-order valence-corrected chi connectivity index (χ2v) is 5.24. The first kappa shape index (κ1) is 11.2. The van der Waals surface area contributed by atoms with Crippen molar-refractivity contribution in [1.82, 2.24) is 15.1 Å². The highest BCUT2D eigenvalue weighted by molar-refractivity contribution is 7.99. The summed E-state index contributed by atoms with van der Waals surface area (Å²) < 4.78 is 0. The van der Waals surface area contributed by atoms with Crippen molar-refractivity contribution in [2.75, 3.05) is 57.3 Å².